The highest BCUT2D eigenvalue weighted by atomic mass is 16.2. The van der Waals surface area contributed by atoms with Gasteiger partial charge in [-0.15, -0.1) is 0 Å². The number of carbonyl (C=O) groups excluding carboxylic acids is 1. The zero-order chi connectivity index (χ0) is 15.4. The molecular weight excluding hydrogens is 266 g/mol. The van der Waals surface area contributed by atoms with Crippen LogP contribution in [0.1, 0.15) is 29.9 Å². The number of aromatic nitrogens is 2. The smallest absolute Gasteiger partial charge is 0.348 e. The van der Waals surface area contributed by atoms with Crippen molar-refractivity contribution in [3.05, 3.63) is 63.8 Å². The minimum atomic E-state index is -0.589. The minimum absolute atomic E-state index is 0.199. The van der Waals surface area contributed by atoms with Crippen molar-refractivity contribution in [2.75, 3.05) is 0 Å². The molecule has 0 radical (unpaired) electrons. The molecular formula is C16H19N3O2. The molecule has 1 heterocycles. The van der Waals surface area contributed by atoms with Crippen LogP contribution in [-0.4, -0.2) is 15.5 Å². The second-order valence-electron chi connectivity index (χ2n) is 5.07. The summed E-state index contributed by atoms with van der Waals surface area (Å²) in [6.07, 6.45) is 0. The lowest BCUT2D eigenvalue weighted by Crippen LogP contribution is -2.37. The first-order valence-corrected chi connectivity index (χ1v) is 6.87. The van der Waals surface area contributed by atoms with Gasteiger partial charge in [0.15, 0.2) is 0 Å². The van der Waals surface area contributed by atoms with E-state index in [1.165, 1.54) is 4.57 Å². The summed E-state index contributed by atoms with van der Waals surface area (Å²) in [5, 5.41) is 2.84. The Hall–Kier alpha value is -2.43. The summed E-state index contributed by atoms with van der Waals surface area (Å²) in [6.45, 7) is 5.71. The summed E-state index contributed by atoms with van der Waals surface area (Å²) in [5.41, 5.74) is 2.01. The first-order chi connectivity index (χ1) is 9.99. The molecule has 0 aliphatic rings. The molecule has 0 aliphatic carbocycles. The van der Waals surface area contributed by atoms with Crippen LogP contribution in [0, 0.1) is 13.8 Å². The monoisotopic (exact) mass is 285 g/mol. The van der Waals surface area contributed by atoms with Crippen LogP contribution >= 0.6 is 0 Å². The van der Waals surface area contributed by atoms with Crippen LogP contribution in [0.2, 0.25) is 0 Å². The molecule has 0 bridgehead atoms. The van der Waals surface area contributed by atoms with Crippen molar-refractivity contribution in [1.29, 1.82) is 0 Å². The van der Waals surface area contributed by atoms with Gasteiger partial charge >= 0.3 is 5.69 Å². The number of benzene rings is 1. The molecule has 2 rings (SSSR count). The van der Waals surface area contributed by atoms with Gasteiger partial charge in [0.05, 0.1) is 0 Å². The van der Waals surface area contributed by atoms with Crippen molar-refractivity contribution in [2.45, 2.75) is 33.4 Å². The minimum Gasteiger partial charge on any atom is -0.350 e. The summed E-state index contributed by atoms with van der Waals surface area (Å²) in [7, 11) is 0. The Morgan fingerprint density at radius 3 is 2.57 bits per heavy atom. The van der Waals surface area contributed by atoms with E-state index in [9.17, 15) is 9.59 Å². The molecule has 1 unspecified atom stereocenters. The topological polar surface area (TPSA) is 64.0 Å². The van der Waals surface area contributed by atoms with E-state index in [-0.39, 0.29) is 5.91 Å². The maximum atomic E-state index is 12.2. The maximum absolute atomic E-state index is 12.2. The number of hydrogen-bond donors (Lipinski definition) is 1. The fourth-order valence-electron chi connectivity index (χ4n) is 2.28. The van der Waals surface area contributed by atoms with E-state index in [0.29, 0.717) is 12.2 Å². The highest BCUT2D eigenvalue weighted by Gasteiger charge is 2.18. The van der Waals surface area contributed by atoms with Gasteiger partial charge in [-0.25, -0.2) is 4.79 Å². The molecule has 1 atom stereocenters. The Kier molecular flexibility index (Phi) is 4.52. The van der Waals surface area contributed by atoms with Gasteiger partial charge in [0.2, 0.25) is 5.91 Å². The summed E-state index contributed by atoms with van der Waals surface area (Å²) >= 11 is 0. The molecule has 0 aliphatic heterocycles. The van der Waals surface area contributed by atoms with Gasteiger partial charge in [0.25, 0.3) is 0 Å². The summed E-state index contributed by atoms with van der Waals surface area (Å²) in [4.78, 5) is 28.0. The first-order valence-electron chi connectivity index (χ1n) is 6.87. The van der Waals surface area contributed by atoms with Crippen LogP contribution in [-0.2, 0) is 11.3 Å². The van der Waals surface area contributed by atoms with Gasteiger partial charge in [-0.05, 0) is 32.4 Å². The van der Waals surface area contributed by atoms with E-state index in [2.05, 4.69) is 10.3 Å². The molecule has 1 aromatic carbocycles. The van der Waals surface area contributed by atoms with E-state index < -0.39 is 11.7 Å². The van der Waals surface area contributed by atoms with Crippen molar-refractivity contribution in [1.82, 2.24) is 14.9 Å². The molecule has 5 heteroatoms. The molecule has 0 fully saturated rings. The van der Waals surface area contributed by atoms with Crippen molar-refractivity contribution in [3.63, 3.8) is 0 Å². The van der Waals surface area contributed by atoms with E-state index >= 15 is 0 Å². The van der Waals surface area contributed by atoms with Crippen LogP contribution in [0.25, 0.3) is 0 Å². The highest BCUT2D eigenvalue weighted by Crippen LogP contribution is 2.08. The lowest BCUT2D eigenvalue weighted by molar-refractivity contribution is -0.124. The lowest BCUT2D eigenvalue weighted by Gasteiger charge is -2.17. The molecule has 1 amide bonds. The zero-order valence-electron chi connectivity index (χ0n) is 12.5. The van der Waals surface area contributed by atoms with Crippen LogP contribution in [0.5, 0.6) is 0 Å². The number of aryl methyl sites for hydroxylation is 2. The molecule has 2 aromatic rings. The van der Waals surface area contributed by atoms with Crippen LogP contribution < -0.4 is 11.0 Å². The van der Waals surface area contributed by atoms with Gasteiger partial charge in [0.1, 0.15) is 6.04 Å². The third-order valence-corrected chi connectivity index (χ3v) is 3.35. The van der Waals surface area contributed by atoms with Gasteiger partial charge < -0.3 is 5.32 Å². The summed E-state index contributed by atoms with van der Waals surface area (Å²) in [5.74, 6) is -0.199. The second-order valence-corrected chi connectivity index (χ2v) is 5.07. The fourth-order valence-corrected chi connectivity index (χ4v) is 2.28. The van der Waals surface area contributed by atoms with Crippen LogP contribution in [0.3, 0.4) is 0 Å². The Bertz CT molecular complexity index is 692. The molecule has 5 nitrogen and oxygen atoms in total. The quantitative estimate of drug-likeness (QED) is 0.930. The fraction of sp³-hybridized carbons (Fsp3) is 0.312. The SMILES string of the molecule is Cc1cc(C)n(C(C)C(=O)NCc2ccccc2)c(=O)n1. The van der Waals surface area contributed by atoms with Gasteiger partial charge in [0, 0.05) is 17.9 Å². The van der Waals surface area contributed by atoms with Crippen molar-refractivity contribution < 1.29 is 4.79 Å². The number of amides is 1. The third kappa shape index (κ3) is 3.56. The normalized spacial score (nSPS) is 12.0. The Balaban J connectivity index is 2.11. The Labute approximate surface area is 123 Å². The predicted octanol–water partition coefficient (Wildman–Crippen LogP) is 1.74. The molecule has 0 spiro atoms. The van der Waals surface area contributed by atoms with Gasteiger partial charge in [-0.3, -0.25) is 9.36 Å². The molecule has 0 saturated carbocycles. The van der Waals surface area contributed by atoms with E-state index in [1.807, 2.05) is 30.3 Å². The number of nitrogens with zero attached hydrogens (tertiary/aromatic N) is 2. The van der Waals surface area contributed by atoms with Crippen molar-refractivity contribution in [3.8, 4) is 0 Å². The van der Waals surface area contributed by atoms with E-state index in [4.69, 9.17) is 0 Å². The predicted molar refractivity (Wildman–Crippen MR) is 81.0 cm³/mol. The largest absolute Gasteiger partial charge is 0.350 e. The number of carbonyl (C=O) groups is 1. The highest BCUT2D eigenvalue weighted by molar-refractivity contribution is 5.79. The third-order valence-electron chi connectivity index (χ3n) is 3.35. The standard InChI is InChI=1S/C16H19N3O2/c1-11-9-12(2)19(16(21)18-11)13(3)15(20)17-10-14-7-5-4-6-8-14/h4-9,13H,10H2,1-3H3,(H,17,20). The number of nitrogens with one attached hydrogen (secondary N) is 1. The first kappa shape index (κ1) is 15.0. The molecule has 110 valence electrons. The number of rotatable bonds is 4. The zero-order valence-corrected chi connectivity index (χ0v) is 12.5. The molecule has 21 heavy (non-hydrogen) atoms. The molecule has 0 saturated heterocycles. The van der Waals surface area contributed by atoms with Crippen molar-refractivity contribution in [2.24, 2.45) is 0 Å². The van der Waals surface area contributed by atoms with Gasteiger partial charge in [-0.2, -0.15) is 4.98 Å². The summed E-state index contributed by atoms with van der Waals surface area (Å²) < 4.78 is 1.41. The van der Waals surface area contributed by atoms with E-state index in [1.54, 1.807) is 26.8 Å². The van der Waals surface area contributed by atoms with Gasteiger partial charge in [-0.1, -0.05) is 30.3 Å². The van der Waals surface area contributed by atoms with E-state index in [0.717, 1.165) is 11.3 Å². The Morgan fingerprint density at radius 1 is 1.29 bits per heavy atom. The molecule has 1 N–H and O–H groups in total. The van der Waals surface area contributed by atoms with Crippen LogP contribution in [0.4, 0.5) is 0 Å². The number of hydrogen-bond acceptors (Lipinski definition) is 3. The Morgan fingerprint density at radius 2 is 1.95 bits per heavy atom. The second kappa shape index (κ2) is 6.35. The average molecular weight is 285 g/mol. The molecule has 1 aromatic heterocycles. The average Bonchev–Trinajstić information content (AvgIpc) is 2.44. The summed E-state index contributed by atoms with van der Waals surface area (Å²) in [6, 6.07) is 10.9. The van der Waals surface area contributed by atoms with Crippen molar-refractivity contribution >= 4 is 5.91 Å². The maximum Gasteiger partial charge on any atom is 0.348 e. The van der Waals surface area contributed by atoms with Crippen LogP contribution in [0.15, 0.2) is 41.2 Å². The lowest BCUT2D eigenvalue weighted by atomic mass is 10.2.